The lowest BCUT2D eigenvalue weighted by Crippen LogP contribution is -2.41. The van der Waals surface area contributed by atoms with Gasteiger partial charge in [-0.15, -0.1) is 0 Å². The molecule has 2 atom stereocenters. The topological polar surface area (TPSA) is 66.4 Å². The molecule has 6 nitrogen and oxygen atoms in total. The minimum absolute atomic E-state index is 0.0334. The average molecular weight is 353 g/mol. The lowest BCUT2D eigenvalue weighted by molar-refractivity contribution is 0.443. The van der Waals surface area contributed by atoms with Crippen LogP contribution in [0.15, 0.2) is 12.3 Å². The normalized spacial score (nSPS) is 26.5. The second kappa shape index (κ2) is 7.25. The fourth-order valence-electron chi connectivity index (χ4n) is 3.95. The third-order valence-electron chi connectivity index (χ3n) is 5.27. The Bertz CT molecular complexity index is 664. The first-order chi connectivity index (χ1) is 11.5. The number of rotatable bonds is 5. The van der Waals surface area contributed by atoms with E-state index in [4.69, 9.17) is 4.98 Å². The number of hydrogen-bond donors (Lipinski definition) is 0. The van der Waals surface area contributed by atoms with Crippen molar-refractivity contribution in [3.05, 3.63) is 12.3 Å². The molecule has 0 aromatic carbocycles. The summed E-state index contributed by atoms with van der Waals surface area (Å²) in [5.74, 6) is 2.17. The molecule has 0 amide bonds. The van der Waals surface area contributed by atoms with E-state index in [0.29, 0.717) is 12.5 Å². The summed E-state index contributed by atoms with van der Waals surface area (Å²) in [4.78, 5) is 13.8. The van der Waals surface area contributed by atoms with E-state index in [-0.39, 0.29) is 17.5 Å². The van der Waals surface area contributed by atoms with Crippen LogP contribution < -0.4 is 9.80 Å². The van der Waals surface area contributed by atoms with Crippen LogP contribution >= 0.6 is 0 Å². The summed E-state index contributed by atoms with van der Waals surface area (Å²) in [6.07, 6.45) is 7.26. The van der Waals surface area contributed by atoms with Crippen LogP contribution in [0.3, 0.4) is 0 Å². The zero-order valence-corrected chi connectivity index (χ0v) is 15.5. The highest BCUT2D eigenvalue weighted by molar-refractivity contribution is 7.91. The van der Waals surface area contributed by atoms with Crippen LogP contribution in [0.1, 0.15) is 46.0 Å². The van der Waals surface area contributed by atoms with Gasteiger partial charge < -0.3 is 9.80 Å². The number of piperidine rings is 1. The van der Waals surface area contributed by atoms with E-state index in [1.807, 2.05) is 12.3 Å². The molecule has 2 unspecified atom stereocenters. The molecule has 0 radical (unpaired) electrons. The molecular formula is C17H28N4O2S. The van der Waals surface area contributed by atoms with E-state index < -0.39 is 9.84 Å². The zero-order valence-electron chi connectivity index (χ0n) is 14.7. The van der Waals surface area contributed by atoms with Crippen molar-refractivity contribution in [1.82, 2.24) is 9.97 Å². The molecule has 0 N–H and O–H groups in total. The second-order valence-electron chi connectivity index (χ2n) is 6.81. The van der Waals surface area contributed by atoms with E-state index in [0.717, 1.165) is 31.3 Å². The number of nitrogens with zero attached hydrogens (tertiary/aromatic N) is 4. The van der Waals surface area contributed by atoms with Crippen LogP contribution in [0.4, 0.5) is 11.8 Å². The first kappa shape index (κ1) is 17.5. The van der Waals surface area contributed by atoms with E-state index in [2.05, 4.69) is 28.6 Å². The number of hydrogen-bond acceptors (Lipinski definition) is 6. The van der Waals surface area contributed by atoms with Crippen LogP contribution in [-0.2, 0) is 9.84 Å². The Balaban J connectivity index is 1.83. The Kier molecular flexibility index (Phi) is 5.27. The Morgan fingerprint density at radius 2 is 2.12 bits per heavy atom. The largest absolute Gasteiger partial charge is 0.353 e. The molecule has 3 heterocycles. The second-order valence-corrected chi connectivity index (χ2v) is 9.04. The van der Waals surface area contributed by atoms with Crippen LogP contribution in [-0.4, -0.2) is 55.1 Å². The van der Waals surface area contributed by atoms with E-state index in [9.17, 15) is 8.42 Å². The predicted molar refractivity (Wildman–Crippen MR) is 97.4 cm³/mol. The Morgan fingerprint density at radius 1 is 1.29 bits per heavy atom. The summed E-state index contributed by atoms with van der Waals surface area (Å²) in [7, 11) is -2.90. The van der Waals surface area contributed by atoms with Gasteiger partial charge in [0.05, 0.1) is 11.5 Å². The molecule has 0 bridgehead atoms. The minimum Gasteiger partial charge on any atom is -0.353 e. The average Bonchev–Trinajstić information content (AvgIpc) is 2.95. The van der Waals surface area contributed by atoms with Crippen molar-refractivity contribution in [3.63, 3.8) is 0 Å². The molecular weight excluding hydrogens is 324 g/mol. The standard InChI is InChI=1S/C17H28N4O2S/c1-3-14-7-5-6-11-21(14)17-18-10-8-16(19-17)20(4-2)15-9-12-24(22,23)13-15/h8,10,14-15H,3-7,9,11-13H2,1-2H3. The highest BCUT2D eigenvalue weighted by atomic mass is 32.2. The van der Waals surface area contributed by atoms with Gasteiger partial charge in [0.2, 0.25) is 5.95 Å². The van der Waals surface area contributed by atoms with E-state index in [1.54, 1.807) is 0 Å². The molecule has 0 aliphatic carbocycles. The lowest BCUT2D eigenvalue weighted by atomic mass is 10.0. The van der Waals surface area contributed by atoms with Crippen LogP contribution in [0, 0.1) is 0 Å². The summed E-state index contributed by atoms with van der Waals surface area (Å²) in [6.45, 7) is 6.04. The highest BCUT2D eigenvalue weighted by Gasteiger charge is 2.33. The van der Waals surface area contributed by atoms with Crippen molar-refractivity contribution >= 4 is 21.6 Å². The molecule has 7 heteroatoms. The van der Waals surface area contributed by atoms with Gasteiger partial charge in [0, 0.05) is 31.4 Å². The molecule has 1 aromatic heterocycles. The third-order valence-corrected chi connectivity index (χ3v) is 7.02. The first-order valence-electron chi connectivity index (χ1n) is 9.10. The van der Waals surface area contributed by atoms with Gasteiger partial charge in [-0.25, -0.2) is 13.4 Å². The lowest BCUT2D eigenvalue weighted by Gasteiger charge is -2.36. The maximum atomic E-state index is 11.8. The smallest absolute Gasteiger partial charge is 0.227 e. The van der Waals surface area contributed by atoms with Crippen molar-refractivity contribution in [1.29, 1.82) is 0 Å². The van der Waals surface area contributed by atoms with Gasteiger partial charge in [-0.3, -0.25) is 0 Å². The maximum Gasteiger partial charge on any atom is 0.227 e. The van der Waals surface area contributed by atoms with Gasteiger partial charge in [-0.2, -0.15) is 4.98 Å². The number of anilines is 2. The highest BCUT2D eigenvalue weighted by Crippen LogP contribution is 2.27. The van der Waals surface area contributed by atoms with Crippen molar-refractivity contribution in [2.24, 2.45) is 0 Å². The van der Waals surface area contributed by atoms with Gasteiger partial charge in [0.25, 0.3) is 0 Å². The van der Waals surface area contributed by atoms with E-state index >= 15 is 0 Å². The van der Waals surface area contributed by atoms with Crippen molar-refractivity contribution in [2.75, 3.05) is 34.4 Å². The SMILES string of the molecule is CCC1CCCCN1c1nccc(N(CC)C2CCS(=O)(=O)C2)n1. The summed E-state index contributed by atoms with van der Waals surface area (Å²) in [5, 5.41) is 0. The summed E-state index contributed by atoms with van der Waals surface area (Å²) >= 11 is 0. The van der Waals surface area contributed by atoms with Crippen LogP contribution in [0.2, 0.25) is 0 Å². The molecule has 134 valence electrons. The van der Waals surface area contributed by atoms with Crippen molar-refractivity contribution < 1.29 is 8.42 Å². The number of aromatic nitrogens is 2. The zero-order chi connectivity index (χ0) is 17.2. The first-order valence-corrected chi connectivity index (χ1v) is 10.9. The maximum absolute atomic E-state index is 11.8. The summed E-state index contributed by atoms with van der Waals surface area (Å²) in [6, 6.07) is 2.45. The van der Waals surface area contributed by atoms with Crippen molar-refractivity contribution in [2.45, 2.75) is 58.0 Å². The van der Waals surface area contributed by atoms with Gasteiger partial charge in [-0.05, 0) is 45.1 Å². The Morgan fingerprint density at radius 3 is 2.79 bits per heavy atom. The van der Waals surface area contributed by atoms with Crippen LogP contribution in [0.5, 0.6) is 0 Å². The van der Waals surface area contributed by atoms with Gasteiger partial charge in [0.1, 0.15) is 5.82 Å². The molecule has 2 saturated heterocycles. The summed E-state index contributed by atoms with van der Waals surface area (Å²) in [5.41, 5.74) is 0. The predicted octanol–water partition coefficient (Wildman–Crippen LogP) is 2.26. The molecule has 2 aliphatic heterocycles. The van der Waals surface area contributed by atoms with Gasteiger partial charge in [-0.1, -0.05) is 6.92 Å². The number of sulfone groups is 1. The van der Waals surface area contributed by atoms with Crippen LogP contribution in [0.25, 0.3) is 0 Å². The molecule has 0 saturated carbocycles. The van der Waals surface area contributed by atoms with E-state index in [1.165, 1.54) is 19.3 Å². The quantitative estimate of drug-likeness (QED) is 0.810. The van der Waals surface area contributed by atoms with Gasteiger partial charge >= 0.3 is 0 Å². The molecule has 24 heavy (non-hydrogen) atoms. The fraction of sp³-hybridized carbons (Fsp3) is 0.765. The Hall–Kier alpha value is -1.37. The fourth-order valence-corrected chi connectivity index (χ4v) is 5.69. The molecule has 1 aromatic rings. The third kappa shape index (κ3) is 3.66. The molecule has 0 spiro atoms. The summed E-state index contributed by atoms with van der Waals surface area (Å²) < 4.78 is 23.6. The molecule has 3 rings (SSSR count). The minimum atomic E-state index is -2.90. The van der Waals surface area contributed by atoms with Crippen molar-refractivity contribution in [3.8, 4) is 0 Å². The van der Waals surface area contributed by atoms with Gasteiger partial charge in [0.15, 0.2) is 9.84 Å². The monoisotopic (exact) mass is 352 g/mol. The Labute approximate surface area is 145 Å². The molecule has 2 aliphatic rings. The molecule has 2 fully saturated rings.